The third-order valence-electron chi connectivity index (χ3n) is 6.57. The molecule has 1 aromatic carbocycles. The number of anilines is 1. The molecule has 14 heteroatoms. The third kappa shape index (κ3) is 7.28. The summed E-state index contributed by atoms with van der Waals surface area (Å²) < 4.78 is 39.7. The number of hydrogen-bond donors (Lipinski definition) is 1. The molecule has 11 nitrogen and oxygen atoms in total. The summed E-state index contributed by atoms with van der Waals surface area (Å²) in [4.78, 5) is 31.6. The summed E-state index contributed by atoms with van der Waals surface area (Å²) in [5.41, 5.74) is 1.74. The van der Waals surface area contributed by atoms with Crippen LogP contribution in [-0.4, -0.2) is 66.6 Å². The minimum atomic E-state index is -3.08. The van der Waals surface area contributed by atoms with Gasteiger partial charge in [0.15, 0.2) is 5.65 Å². The van der Waals surface area contributed by atoms with Gasteiger partial charge in [-0.15, -0.1) is 0 Å². The monoisotopic (exact) mass is 613 g/mol. The molecule has 0 atom stereocenters. The number of nitrogens with zero attached hydrogens (tertiary/aromatic N) is 6. The largest absolute Gasteiger partial charge is 0.444 e. The van der Waals surface area contributed by atoms with Gasteiger partial charge < -0.3 is 19.7 Å². The molecule has 1 aliphatic heterocycles. The van der Waals surface area contributed by atoms with E-state index < -0.39 is 18.1 Å². The van der Waals surface area contributed by atoms with Gasteiger partial charge in [0.05, 0.1) is 18.4 Å². The van der Waals surface area contributed by atoms with E-state index in [9.17, 15) is 18.4 Å². The molecular formula is C29H30ClF2N7O4. The number of likely N-dealkylation sites (tertiary alicyclic amines) is 1. The highest BCUT2D eigenvalue weighted by atomic mass is 35.5. The smallest absolute Gasteiger partial charge is 0.410 e. The van der Waals surface area contributed by atoms with Crippen LogP contribution in [0.15, 0.2) is 60.7 Å². The van der Waals surface area contributed by atoms with Gasteiger partial charge in [-0.1, -0.05) is 23.3 Å². The van der Waals surface area contributed by atoms with Crippen molar-refractivity contribution in [1.82, 2.24) is 29.3 Å². The fourth-order valence-electron chi connectivity index (χ4n) is 4.60. The first kappa shape index (κ1) is 30.0. The van der Waals surface area contributed by atoms with E-state index in [1.807, 2.05) is 26.8 Å². The maximum absolute atomic E-state index is 13.3. The van der Waals surface area contributed by atoms with Crippen molar-refractivity contribution in [1.29, 1.82) is 0 Å². The van der Waals surface area contributed by atoms with Crippen LogP contribution in [0.25, 0.3) is 16.9 Å². The van der Waals surface area contributed by atoms with E-state index >= 15 is 0 Å². The number of amides is 2. The van der Waals surface area contributed by atoms with E-state index in [1.165, 1.54) is 28.9 Å². The summed E-state index contributed by atoms with van der Waals surface area (Å²) in [6.45, 7) is 3.78. The lowest BCUT2D eigenvalue weighted by molar-refractivity contribution is -0.0494. The van der Waals surface area contributed by atoms with E-state index in [1.54, 1.807) is 34.2 Å². The molecule has 0 bridgehead atoms. The highest BCUT2D eigenvalue weighted by Crippen LogP contribution is 2.37. The first-order valence-electron chi connectivity index (χ1n) is 13.5. The normalized spacial score (nSPS) is 13.8. The summed E-state index contributed by atoms with van der Waals surface area (Å²) in [5, 5.41) is 11.8. The van der Waals surface area contributed by atoms with Crippen LogP contribution in [0.1, 0.15) is 44.0 Å². The summed E-state index contributed by atoms with van der Waals surface area (Å²) in [5.74, 6) is -0.661. The number of benzene rings is 1. The average Bonchev–Trinajstić information content (AvgIpc) is 3.56. The highest BCUT2D eigenvalue weighted by Gasteiger charge is 2.25. The maximum atomic E-state index is 13.3. The lowest BCUT2D eigenvalue weighted by Gasteiger charge is -2.31. The molecule has 0 spiro atoms. The van der Waals surface area contributed by atoms with E-state index in [2.05, 4.69) is 20.5 Å². The molecule has 4 aromatic rings. The molecule has 1 fully saturated rings. The molecule has 4 heterocycles. The van der Waals surface area contributed by atoms with Crippen molar-refractivity contribution in [2.75, 3.05) is 18.4 Å². The van der Waals surface area contributed by atoms with E-state index in [4.69, 9.17) is 21.1 Å². The summed E-state index contributed by atoms with van der Waals surface area (Å²) in [6, 6.07) is 5.88. The van der Waals surface area contributed by atoms with Gasteiger partial charge in [-0.2, -0.15) is 19.0 Å². The van der Waals surface area contributed by atoms with Crippen LogP contribution < -0.4 is 10.1 Å². The number of piperidine rings is 1. The summed E-state index contributed by atoms with van der Waals surface area (Å²) >= 11 is 6.22. The average molecular weight is 614 g/mol. The molecule has 0 radical (unpaired) electrons. The van der Waals surface area contributed by atoms with Gasteiger partial charge in [0.1, 0.15) is 22.6 Å². The SMILES string of the molecule is CC(C)(C)OC(=O)N1CCC(=CCn2cc(NC(=O)c3cnn4cccnc34)c(-c3cc(Cl)ccc3OC(F)F)n2)CC1. The predicted octanol–water partition coefficient (Wildman–Crippen LogP) is 6.06. The number of halogens is 3. The molecule has 0 aliphatic carbocycles. The van der Waals surface area contributed by atoms with Crippen LogP contribution in [-0.2, 0) is 11.3 Å². The van der Waals surface area contributed by atoms with Crippen LogP contribution in [0.4, 0.5) is 19.3 Å². The van der Waals surface area contributed by atoms with Crippen molar-refractivity contribution < 1.29 is 27.8 Å². The van der Waals surface area contributed by atoms with Crippen LogP contribution in [0.5, 0.6) is 5.75 Å². The zero-order valence-electron chi connectivity index (χ0n) is 23.8. The molecule has 1 N–H and O–H groups in total. The van der Waals surface area contributed by atoms with Crippen molar-refractivity contribution in [3.63, 3.8) is 0 Å². The predicted molar refractivity (Wildman–Crippen MR) is 155 cm³/mol. The van der Waals surface area contributed by atoms with Gasteiger partial charge in [-0.05, 0) is 57.9 Å². The van der Waals surface area contributed by atoms with Crippen molar-refractivity contribution in [2.45, 2.75) is 52.4 Å². The molecule has 3 aromatic heterocycles. The Morgan fingerprint density at radius 3 is 2.70 bits per heavy atom. The molecule has 1 aliphatic rings. The second-order valence-electron chi connectivity index (χ2n) is 10.9. The minimum Gasteiger partial charge on any atom is -0.444 e. The highest BCUT2D eigenvalue weighted by molar-refractivity contribution is 6.31. The summed E-state index contributed by atoms with van der Waals surface area (Å²) in [6.07, 6.45) is 9.19. The molecule has 1 saturated heterocycles. The lowest BCUT2D eigenvalue weighted by atomic mass is 10.0. The van der Waals surface area contributed by atoms with Gasteiger partial charge in [0.25, 0.3) is 5.91 Å². The zero-order chi connectivity index (χ0) is 30.7. The first-order chi connectivity index (χ1) is 20.5. The fourth-order valence-corrected chi connectivity index (χ4v) is 4.77. The second-order valence-corrected chi connectivity index (χ2v) is 11.3. The number of hydrogen-bond acceptors (Lipinski definition) is 7. The standard InChI is InChI=1S/C29H30ClF2N7O4/c1-29(2,3)43-28(41)37-12-7-18(8-13-37)9-14-38-17-22(35-26(40)21-16-34-39-11-4-10-33-25(21)39)24(36-38)20-15-19(30)5-6-23(20)42-27(31)32/h4-6,9-11,15-17,27H,7-8,12-14H2,1-3H3,(H,35,40). The van der Waals surface area contributed by atoms with E-state index in [-0.39, 0.29) is 39.4 Å². The van der Waals surface area contributed by atoms with Crippen LogP contribution in [0.2, 0.25) is 5.02 Å². The number of allylic oxidation sites excluding steroid dienone is 1. The van der Waals surface area contributed by atoms with Crippen molar-refractivity contribution in [2.24, 2.45) is 0 Å². The van der Waals surface area contributed by atoms with Crippen LogP contribution >= 0.6 is 11.6 Å². The number of carbonyl (C=O) groups excluding carboxylic acids is 2. The second kappa shape index (κ2) is 12.4. The Labute approximate surface area is 251 Å². The van der Waals surface area contributed by atoms with Gasteiger partial charge in [-0.3, -0.25) is 9.48 Å². The van der Waals surface area contributed by atoms with Crippen LogP contribution in [0, 0.1) is 0 Å². The topological polar surface area (TPSA) is 116 Å². The van der Waals surface area contributed by atoms with E-state index in [0.717, 1.165) is 5.57 Å². The molecule has 2 amide bonds. The molecular weight excluding hydrogens is 584 g/mol. The number of fused-ring (bicyclic) bond motifs is 1. The first-order valence-corrected chi connectivity index (χ1v) is 13.9. The Bertz CT molecular complexity index is 1670. The molecule has 5 rings (SSSR count). The third-order valence-corrected chi connectivity index (χ3v) is 6.81. The van der Waals surface area contributed by atoms with E-state index in [0.29, 0.717) is 38.1 Å². The minimum absolute atomic E-state index is 0.148. The zero-order valence-corrected chi connectivity index (χ0v) is 24.5. The molecule has 0 unspecified atom stereocenters. The Morgan fingerprint density at radius 2 is 1.98 bits per heavy atom. The quantitative estimate of drug-likeness (QED) is 0.252. The fraction of sp³-hybridized carbons (Fsp3) is 0.345. The Kier molecular flexibility index (Phi) is 8.62. The molecule has 226 valence electrons. The van der Waals surface area contributed by atoms with Crippen LogP contribution in [0.3, 0.4) is 0 Å². The number of rotatable bonds is 7. The molecule has 43 heavy (non-hydrogen) atoms. The Balaban J connectivity index is 1.40. The summed E-state index contributed by atoms with van der Waals surface area (Å²) in [7, 11) is 0. The number of carbonyl (C=O) groups is 2. The van der Waals surface area contributed by atoms with Crippen molar-refractivity contribution in [3.8, 4) is 17.0 Å². The van der Waals surface area contributed by atoms with Gasteiger partial charge in [0, 0.05) is 42.3 Å². The number of alkyl halides is 2. The van der Waals surface area contributed by atoms with Gasteiger partial charge in [0.2, 0.25) is 0 Å². The van der Waals surface area contributed by atoms with Gasteiger partial charge >= 0.3 is 12.7 Å². The molecule has 0 saturated carbocycles. The Morgan fingerprint density at radius 1 is 1.21 bits per heavy atom. The number of nitrogens with one attached hydrogen (secondary N) is 1. The van der Waals surface area contributed by atoms with Crippen molar-refractivity contribution >= 4 is 34.9 Å². The number of ether oxygens (including phenoxy) is 2. The van der Waals surface area contributed by atoms with Crippen molar-refractivity contribution in [3.05, 3.63) is 71.3 Å². The lowest BCUT2D eigenvalue weighted by Crippen LogP contribution is -2.40. The maximum Gasteiger partial charge on any atom is 0.410 e. The van der Waals surface area contributed by atoms with Gasteiger partial charge in [-0.25, -0.2) is 14.3 Å². The number of aromatic nitrogens is 5. The Hall–Kier alpha value is -4.52.